The van der Waals surface area contributed by atoms with E-state index in [0.29, 0.717) is 25.4 Å². The van der Waals surface area contributed by atoms with Gasteiger partial charge < -0.3 is 19.7 Å². The first-order valence-corrected chi connectivity index (χ1v) is 10.3. The Morgan fingerprint density at radius 3 is 2.38 bits per heavy atom. The lowest BCUT2D eigenvalue weighted by atomic mass is 10.1. The van der Waals surface area contributed by atoms with Crippen LogP contribution in [0.5, 0.6) is 5.75 Å². The quantitative estimate of drug-likeness (QED) is 0.707. The third kappa shape index (κ3) is 8.31. The fourth-order valence-corrected chi connectivity index (χ4v) is 3.01. The Balaban J connectivity index is 1.57. The summed E-state index contributed by atoms with van der Waals surface area (Å²) in [4.78, 5) is 28.1. The van der Waals surface area contributed by atoms with Crippen molar-refractivity contribution in [3.05, 3.63) is 29.3 Å². The van der Waals surface area contributed by atoms with Crippen LogP contribution >= 0.6 is 0 Å². The Morgan fingerprint density at radius 1 is 1.07 bits per heavy atom. The number of benzene rings is 1. The lowest BCUT2D eigenvalue weighted by molar-refractivity contribution is -0.123. The summed E-state index contributed by atoms with van der Waals surface area (Å²) in [6.45, 7) is 14.2. The van der Waals surface area contributed by atoms with E-state index in [9.17, 15) is 9.59 Å². The third-order valence-corrected chi connectivity index (χ3v) is 4.85. The number of carbonyl (C=O) groups excluding carboxylic acids is 2. The van der Waals surface area contributed by atoms with Gasteiger partial charge in [-0.05, 0) is 70.8 Å². The van der Waals surface area contributed by atoms with E-state index in [1.54, 1.807) is 4.90 Å². The van der Waals surface area contributed by atoms with Crippen LogP contribution in [0.15, 0.2) is 18.2 Å². The van der Waals surface area contributed by atoms with Crippen molar-refractivity contribution in [2.45, 2.75) is 46.6 Å². The zero-order chi connectivity index (χ0) is 21.4. The van der Waals surface area contributed by atoms with Crippen LogP contribution in [0, 0.1) is 13.8 Å². The molecule has 7 heteroatoms. The van der Waals surface area contributed by atoms with Crippen molar-refractivity contribution < 1.29 is 19.1 Å². The molecule has 1 fully saturated rings. The highest BCUT2D eigenvalue weighted by atomic mass is 16.6. The molecule has 1 aromatic rings. The minimum atomic E-state index is -0.464. The maximum Gasteiger partial charge on any atom is 0.410 e. The van der Waals surface area contributed by atoms with Crippen molar-refractivity contribution in [1.82, 2.24) is 15.1 Å². The van der Waals surface area contributed by atoms with Gasteiger partial charge in [-0.2, -0.15) is 0 Å². The Morgan fingerprint density at radius 2 is 1.76 bits per heavy atom. The molecule has 2 amide bonds. The van der Waals surface area contributed by atoms with Gasteiger partial charge in [0.1, 0.15) is 11.4 Å². The molecule has 7 nitrogen and oxygen atoms in total. The summed E-state index contributed by atoms with van der Waals surface area (Å²) < 4.78 is 11.0. The number of carbonyl (C=O) groups is 2. The predicted molar refractivity (Wildman–Crippen MR) is 113 cm³/mol. The van der Waals surface area contributed by atoms with Crippen molar-refractivity contribution in [3.63, 3.8) is 0 Å². The fourth-order valence-electron chi connectivity index (χ4n) is 3.01. The second-order valence-corrected chi connectivity index (χ2v) is 8.55. The van der Waals surface area contributed by atoms with Crippen LogP contribution in [0.25, 0.3) is 0 Å². The van der Waals surface area contributed by atoms with Gasteiger partial charge in [0.15, 0.2) is 6.61 Å². The van der Waals surface area contributed by atoms with Crippen molar-refractivity contribution in [2.75, 3.05) is 45.9 Å². The van der Waals surface area contributed by atoms with E-state index >= 15 is 0 Å². The Labute approximate surface area is 174 Å². The van der Waals surface area contributed by atoms with Gasteiger partial charge in [-0.3, -0.25) is 9.69 Å². The monoisotopic (exact) mass is 405 g/mol. The molecule has 0 spiro atoms. The van der Waals surface area contributed by atoms with E-state index in [-0.39, 0.29) is 18.6 Å². The maximum atomic E-state index is 12.1. The summed E-state index contributed by atoms with van der Waals surface area (Å²) >= 11 is 0. The Hall–Kier alpha value is -2.28. The summed E-state index contributed by atoms with van der Waals surface area (Å²) in [5.74, 6) is 0.601. The standard InChI is InChI=1S/C22H35N3O4/c1-17-7-8-19(15-18(17)2)28-16-20(26)23-9-6-10-24-11-13-25(14-12-24)21(27)29-22(3,4)5/h7-8,15H,6,9-14,16H2,1-5H3,(H,23,26). The smallest absolute Gasteiger partial charge is 0.410 e. The number of hydrogen-bond acceptors (Lipinski definition) is 5. The van der Waals surface area contributed by atoms with E-state index in [4.69, 9.17) is 9.47 Å². The van der Waals surface area contributed by atoms with Gasteiger partial charge in [0.05, 0.1) is 0 Å². The minimum absolute atomic E-state index is 0.0249. The van der Waals surface area contributed by atoms with Crippen molar-refractivity contribution >= 4 is 12.0 Å². The molecule has 0 atom stereocenters. The van der Waals surface area contributed by atoms with Crippen LogP contribution in [-0.4, -0.2) is 73.3 Å². The first-order valence-electron chi connectivity index (χ1n) is 10.3. The molecule has 0 saturated carbocycles. The Kier molecular flexibility index (Phi) is 8.32. The molecule has 2 rings (SSSR count). The molecular weight excluding hydrogens is 370 g/mol. The number of piperazine rings is 1. The average Bonchev–Trinajstić information content (AvgIpc) is 2.65. The fraction of sp³-hybridized carbons (Fsp3) is 0.636. The number of nitrogens with one attached hydrogen (secondary N) is 1. The molecule has 1 N–H and O–H groups in total. The molecular formula is C22H35N3O4. The minimum Gasteiger partial charge on any atom is -0.484 e. The van der Waals surface area contributed by atoms with Gasteiger partial charge in [-0.1, -0.05) is 6.07 Å². The zero-order valence-corrected chi connectivity index (χ0v) is 18.4. The summed E-state index contributed by atoms with van der Waals surface area (Å²) in [6, 6.07) is 5.82. The van der Waals surface area contributed by atoms with E-state index in [0.717, 1.165) is 31.6 Å². The molecule has 0 radical (unpaired) electrons. The SMILES string of the molecule is Cc1ccc(OCC(=O)NCCCN2CCN(C(=O)OC(C)(C)C)CC2)cc1C. The van der Waals surface area contributed by atoms with Crippen molar-refractivity contribution in [3.8, 4) is 5.75 Å². The van der Waals surface area contributed by atoms with Gasteiger partial charge in [0.2, 0.25) is 0 Å². The molecule has 0 unspecified atom stereocenters. The highest BCUT2D eigenvalue weighted by molar-refractivity contribution is 5.77. The number of nitrogens with zero attached hydrogens (tertiary/aromatic N) is 2. The normalized spacial score (nSPS) is 15.1. The van der Waals surface area contributed by atoms with E-state index < -0.39 is 5.60 Å². The summed E-state index contributed by atoms with van der Waals surface area (Å²) in [5, 5.41) is 2.90. The van der Waals surface area contributed by atoms with E-state index in [2.05, 4.69) is 10.2 Å². The van der Waals surface area contributed by atoms with Gasteiger partial charge in [-0.15, -0.1) is 0 Å². The van der Waals surface area contributed by atoms with Crippen LogP contribution < -0.4 is 10.1 Å². The van der Waals surface area contributed by atoms with Crippen LogP contribution in [-0.2, 0) is 9.53 Å². The topological polar surface area (TPSA) is 71.1 Å². The van der Waals surface area contributed by atoms with Crippen molar-refractivity contribution in [1.29, 1.82) is 0 Å². The number of amides is 2. The lowest BCUT2D eigenvalue weighted by Gasteiger charge is -2.35. The van der Waals surface area contributed by atoms with Crippen LogP contribution in [0.4, 0.5) is 4.79 Å². The van der Waals surface area contributed by atoms with Crippen LogP contribution in [0.2, 0.25) is 0 Å². The molecule has 1 heterocycles. The van der Waals surface area contributed by atoms with Crippen molar-refractivity contribution in [2.24, 2.45) is 0 Å². The second-order valence-electron chi connectivity index (χ2n) is 8.55. The molecule has 29 heavy (non-hydrogen) atoms. The average molecular weight is 406 g/mol. The number of rotatable bonds is 7. The van der Waals surface area contributed by atoms with Gasteiger partial charge >= 0.3 is 6.09 Å². The molecule has 162 valence electrons. The molecule has 0 aliphatic carbocycles. The highest BCUT2D eigenvalue weighted by Gasteiger charge is 2.25. The third-order valence-electron chi connectivity index (χ3n) is 4.85. The van der Waals surface area contributed by atoms with Crippen LogP contribution in [0.1, 0.15) is 38.3 Å². The highest BCUT2D eigenvalue weighted by Crippen LogP contribution is 2.16. The van der Waals surface area contributed by atoms with E-state index in [1.807, 2.05) is 52.8 Å². The molecule has 1 aromatic carbocycles. The van der Waals surface area contributed by atoms with E-state index in [1.165, 1.54) is 5.56 Å². The van der Waals surface area contributed by atoms with Crippen LogP contribution in [0.3, 0.4) is 0 Å². The first-order chi connectivity index (χ1) is 13.6. The summed E-state index contributed by atoms with van der Waals surface area (Å²) in [7, 11) is 0. The number of ether oxygens (including phenoxy) is 2. The number of aryl methyl sites for hydroxylation is 2. The summed E-state index contributed by atoms with van der Waals surface area (Å²) in [5.41, 5.74) is 1.89. The Bertz CT molecular complexity index is 692. The summed E-state index contributed by atoms with van der Waals surface area (Å²) in [6.07, 6.45) is 0.620. The van der Waals surface area contributed by atoms with Gasteiger partial charge in [0.25, 0.3) is 5.91 Å². The number of hydrogen-bond donors (Lipinski definition) is 1. The second kappa shape index (κ2) is 10.5. The first kappa shape index (κ1) is 23.0. The molecule has 0 aromatic heterocycles. The molecule has 1 aliphatic rings. The lowest BCUT2D eigenvalue weighted by Crippen LogP contribution is -2.50. The molecule has 0 bridgehead atoms. The predicted octanol–water partition coefficient (Wildman–Crippen LogP) is 2.74. The zero-order valence-electron chi connectivity index (χ0n) is 18.4. The van der Waals surface area contributed by atoms with Gasteiger partial charge in [0, 0.05) is 32.7 Å². The molecule has 1 aliphatic heterocycles. The largest absolute Gasteiger partial charge is 0.484 e. The maximum absolute atomic E-state index is 12.1. The van der Waals surface area contributed by atoms with Gasteiger partial charge in [-0.25, -0.2) is 4.79 Å². The molecule has 1 saturated heterocycles.